The van der Waals surface area contributed by atoms with E-state index >= 15 is 0 Å². The van der Waals surface area contributed by atoms with Crippen LogP contribution in [0.3, 0.4) is 0 Å². The molecule has 0 aliphatic rings. The van der Waals surface area contributed by atoms with Gasteiger partial charge in [-0.1, -0.05) is 178 Å². The molecular formula is C44H72Mg2O10. The summed E-state index contributed by atoms with van der Waals surface area (Å²) in [5, 5.41) is 59.6. The Balaban J connectivity index is -0.000000466. The first-order valence-corrected chi connectivity index (χ1v) is 21.0. The number of carbonyl (C=O) groups is 4. The van der Waals surface area contributed by atoms with Crippen LogP contribution in [0.15, 0.2) is 47.6 Å². The predicted molar refractivity (Wildman–Crippen MR) is 219 cm³/mol. The van der Waals surface area contributed by atoms with Crippen LogP contribution in [0.1, 0.15) is 193 Å². The van der Waals surface area contributed by atoms with Crippen molar-refractivity contribution >= 4 is 70.0 Å². The standard InChI is InChI=1S/2C22H38O5.2Mg/c2*23-18-16-14-12-10-8-6-4-2-1-3-5-7-9-11-13-15-17-20(22(26)27)19-21(24)25;;/h2*15,17,19,23H,1-14,16,18H2,(H,24,25)(H,26,27);;/q;;2*+2/p-4/b2*17-15+,20-19-;;. The van der Waals surface area contributed by atoms with Crippen LogP contribution in [0.2, 0.25) is 0 Å². The van der Waals surface area contributed by atoms with Crippen LogP contribution in [0.25, 0.3) is 0 Å². The van der Waals surface area contributed by atoms with Gasteiger partial charge in [0.1, 0.15) is 0 Å². The molecule has 0 heterocycles. The van der Waals surface area contributed by atoms with E-state index in [9.17, 15) is 39.6 Å². The molecule has 0 aromatic rings. The molecule has 0 fully saturated rings. The Morgan fingerprint density at radius 1 is 0.339 bits per heavy atom. The molecule has 0 aromatic heterocycles. The number of aliphatic carboxylic acids is 4. The fraction of sp³-hybridized carbons (Fsp3) is 0.727. The SMILES string of the molecule is O=C([O-])/C=C(/C=C/CCCCCCCCCCCCCCCCO)C(=O)[O-].O=C([O-])/C=C(/C=C/CCCCCCCCCCCCCCCCO)C(=O)[O-].[Mg+2].[Mg+2]. The van der Waals surface area contributed by atoms with Crippen molar-refractivity contribution in [2.24, 2.45) is 0 Å². The minimum atomic E-state index is -1.53. The van der Waals surface area contributed by atoms with Crippen LogP contribution in [0, 0.1) is 0 Å². The second kappa shape index (κ2) is 49.4. The first kappa shape index (κ1) is 61.0. The molecule has 0 rings (SSSR count). The number of aliphatic hydroxyl groups is 2. The molecule has 0 aromatic carbocycles. The predicted octanol–water partition coefficient (Wildman–Crippen LogP) is 4.86. The van der Waals surface area contributed by atoms with E-state index in [2.05, 4.69) is 0 Å². The fourth-order valence-electron chi connectivity index (χ4n) is 6.02. The zero-order valence-corrected chi connectivity index (χ0v) is 37.5. The molecule has 0 spiro atoms. The van der Waals surface area contributed by atoms with E-state index in [4.69, 9.17) is 10.2 Å². The van der Waals surface area contributed by atoms with E-state index in [1.807, 2.05) is 0 Å². The van der Waals surface area contributed by atoms with E-state index in [0.29, 0.717) is 25.4 Å². The zero-order valence-electron chi connectivity index (χ0n) is 34.7. The molecule has 0 unspecified atom stereocenters. The largest absolute Gasteiger partial charge is 2.00 e. The Labute approximate surface area is 371 Å². The molecule has 0 radical (unpaired) electrons. The first-order chi connectivity index (χ1) is 26.1. The van der Waals surface area contributed by atoms with Gasteiger partial charge in [-0.05, 0) is 61.8 Å². The second-order valence-electron chi connectivity index (χ2n) is 14.1. The van der Waals surface area contributed by atoms with E-state index in [1.165, 1.54) is 141 Å². The van der Waals surface area contributed by atoms with Gasteiger partial charge in [0.05, 0.1) is 23.9 Å². The van der Waals surface area contributed by atoms with E-state index in [0.717, 1.165) is 64.2 Å². The summed E-state index contributed by atoms with van der Waals surface area (Å²) in [4.78, 5) is 42.2. The van der Waals surface area contributed by atoms with Crippen molar-refractivity contribution in [2.75, 3.05) is 13.2 Å². The Morgan fingerprint density at radius 2 is 0.536 bits per heavy atom. The smallest absolute Gasteiger partial charge is 0.545 e. The minimum absolute atomic E-state index is 0. The third kappa shape index (κ3) is 50.3. The molecule has 10 nitrogen and oxygen atoms in total. The normalized spacial score (nSPS) is 11.5. The molecule has 0 atom stereocenters. The number of hydrogen-bond acceptors (Lipinski definition) is 10. The van der Waals surface area contributed by atoms with Crippen molar-refractivity contribution in [1.29, 1.82) is 0 Å². The van der Waals surface area contributed by atoms with Gasteiger partial charge in [-0.25, -0.2) is 0 Å². The van der Waals surface area contributed by atoms with Gasteiger partial charge >= 0.3 is 46.1 Å². The molecule has 0 saturated carbocycles. The van der Waals surface area contributed by atoms with Crippen LogP contribution in [-0.2, 0) is 19.2 Å². The third-order valence-corrected chi connectivity index (χ3v) is 9.17. The first-order valence-electron chi connectivity index (χ1n) is 21.0. The molecule has 312 valence electrons. The summed E-state index contributed by atoms with van der Waals surface area (Å²) in [6.45, 7) is 0.643. The van der Waals surface area contributed by atoms with Crippen molar-refractivity contribution in [3.05, 3.63) is 47.6 Å². The maximum Gasteiger partial charge on any atom is 2.00 e. The fourth-order valence-corrected chi connectivity index (χ4v) is 6.02. The van der Waals surface area contributed by atoms with Crippen LogP contribution >= 0.6 is 0 Å². The summed E-state index contributed by atoms with van der Waals surface area (Å²) < 4.78 is 0. The van der Waals surface area contributed by atoms with Crippen molar-refractivity contribution in [3.63, 3.8) is 0 Å². The topological polar surface area (TPSA) is 201 Å². The third-order valence-electron chi connectivity index (χ3n) is 9.17. The zero-order chi connectivity index (χ0) is 40.3. The molecule has 0 saturated heterocycles. The average Bonchev–Trinajstić information content (AvgIpc) is 3.13. The Kier molecular flexibility index (Phi) is 53.8. The van der Waals surface area contributed by atoms with Crippen LogP contribution < -0.4 is 20.4 Å². The maximum absolute atomic E-state index is 10.7. The molecule has 0 amide bonds. The quantitative estimate of drug-likeness (QED) is 0.0376. The van der Waals surface area contributed by atoms with Gasteiger partial charge in [0.25, 0.3) is 0 Å². The Bertz CT molecular complexity index is 974. The summed E-state index contributed by atoms with van der Waals surface area (Å²) in [5.41, 5.74) is -0.722. The molecule has 0 aliphatic carbocycles. The van der Waals surface area contributed by atoms with Gasteiger partial charge in [0.15, 0.2) is 0 Å². The second-order valence-corrected chi connectivity index (χ2v) is 14.1. The van der Waals surface area contributed by atoms with Gasteiger partial charge < -0.3 is 49.8 Å². The minimum Gasteiger partial charge on any atom is -0.545 e. The number of hydrogen-bond donors (Lipinski definition) is 2. The number of carbonyl (C=O) groups excluding carboxylic acids is 4. The summed E-state index contributed by atoms with van der Waals surface area (Å²) in [5.74, 6) is -6.07. The molecule has 2 N–H and O–H groups in total. The Morgan fingerprint density at radius 3 is 0.714 bits per heavy atom. The Hall–Kier alpha value is -1.71. The molecule has 56 heavy (non-hydrogen) atoms. The van der Waals surface area contributed by atoms with Crippen molar-refractivity contribution in [2.45, 2.75) is 193 Å². The van der Waals surface area contributed by atoms with E-state index in [-0.39, 0.29) is 57.3 Å². The van der Waals surface area contributed by atoms with E-state index in [1.54, 1.807) is 12.2 Å². The molecular weight excluding hydrogens is 737 g/mol. The van der Waals surface area contributed by atoms with Crippen LogP contribution in [0.4, 0.5) is 0 Å². The van der Waals surface area contributed by atoms with Gasteiger partial charge in [-0.15, -0.1) is 0 Å². The number of carboxylic acid groups (broad SMARTS) is 4. The number of rotatable bonds is 38. The monoisotopic (exact) mass is 808 g/mol. The van der Waals surface area contributed by atoms with Gasteiger partial charge in [-0.2, -0.15) is 0 Å². The van der Waals surface area contributed by atoms with Gasteiger partial charge in [0, 0.05) is 13.2 Å². The van der Waals surface area contributed by atoms with Crippen molar-refractivity contribution in [3.8, 4) is 0 Å². The molecule has 0 aliphatic heterocycles. The van der Waals surface area contributed by atoms with Crippen molar-refractivity contribution < 1.29 is 49.8 Å². The number of aliphatic hydroxyl groups excluding tert-OH is 2. The van der Waals surface area contributed by atoms with Gasteiger partial charge in [0.2, 0.25) is 0 Å². The summed E-state index contributed by atoms with van der Waals surface area (Å²) in [6, 6.07) is 0. The average molecular weight is 810 g/mol. The number of carboxylic acids is 4. The van der Waals surface area contributed by atoms with Crippen LogP contribution in [-0.4, -0.2) is 93.4 Å². The summed E-state index contributed by atoms with van der Waals surface area (Å²) in [6.07, 6.45) is 42.4. The van der Waals surface area contributed by atoms with E-state index < -0.39 is 23.9 Å². The molecule has 0 bridgehead atoms. The summed E-state index contributed by atoms with van der Waals surface area (Å²) in [7, 11) is 0. The van der Waals surface area contributed by atoms with Crippen molar-refractivity contribution in [1.82, 2.24) is 0 Å². The maximum atomic E-state index is 10.7. The summed E-state index contributed by atoms with van der Waals surface area (Å²) >= 11 is 0. The molecule has 12 heteroatoms. The van der Waals surface area contributed by atoms with Crippen LogP contribution in [0.5, 0.6) is 0 Å². The number of unbranched alkanes of at least 4 members (excludes halogenated alkanes) is 28. The number of allylic oxidation sites excluding steroid dienone is 2. The van der Waals surface area contributed by atoms with Gasteiger partial charge in [-0.3, -0.25) is 0 Å².